The molecule has 36 heavy (non-hydrogen) atoms. The lowest BCUT2D eigenvalue weighted by Crippen LogP contribution is -2.36. The first-order chi connectivity index (χ1) is 17.1. The molecule has 4 rings (SSSR count). The topological polar surface area (TPSA) is 58.9 Å². The minimum absolute atomic E-state index is 0.214. The Bertz CT molecular complexity index is 879. The first-order valence-corrected chi connectivity index (χ1v) is 14.3. The lowest BCUT2D eigenvalue weighted by molar-refractivity contribution is -0.134. The van der Waals surface area contributed by atoms with Crippen molar-refractivity contribution in [1.29, 1.82) is 0 Å². The van der Waals surface area contributed by atoms with Crippen molar-refractivity contribution < 1.29 is 19.7 Å². The summed E-state index contributed by atoms with van der Waals surface area (Å²) in [5, 5.41) is 20.4. The van der Waals surface area contributed by atoms with Crippen molar-refractivity contribution in [2.24, 2.45) is 35.0 Å². The van der Waals surface area contributed by atoms with Crippen molar-refractivity contribution in [1.82, 2.24) is 0 Å². The zero-order chi connectivity index (χ0) is 26.1. The molecule has 4 aliphatic carbocycles. The van der Waals surface area contributed by atoms with Gasteiger partial charge in [-0.3, -0.25) is 0 Å². The molecule has 0 amide bonds. The Morgan fingerprint density at radius 3 is 2.58 bits per heavy atom. The molecule has 0 radical (unpaired) electrons. The molecule has 0 aromatic rings. The van der Waals surface area contributed by atoms with Gasteiger partial charge >= 0.3 is 0 Å². The molecule has 0 spiro atoms. The number of rotatable bonds is 9. The second kappa shape index (κ2) is 11.3. The van der Waals surface area contributed by atoms with Crippen molar-refractivity contribution in [3.8, 4) is 0 Å². The number of ether oxygens (including phenoxy) is 2. The summed E-state index contributed by atoms with van der Waals surface area (Å²) in [5.74, 6) is 3.02. The van der Waals surface area contributed by atoms with Crippen molar-refractivity contribution in [3.05, 3.63) is 47.6 Å². The molecule has 0 heterocycles. The SMILES string of the molecule is C=C1/C(=C\C=C2/CCC[C@]3(C)[C@@H]([C@H](C)/C=C/[C@H](C4CC4)C(C)(C)OCOC)CC[C@@H]23)C[C@@H](O)C[C@@H]1O. The molecule has 0 aromatic carbocycles. The van der Waals surface area contributed by atoms with Gasteiger partial charge in [0.1, 0.15) is 6.79 Å². The van der Waals surface area contributed by atoms with E-state index in [4.69, 9.17) is 9.47 Å². The Morgan fingerprint density at radius 2 is 1.89 bits per heavy atom. The van der Waals surface area contributed by atoms with Gasteiger partial charge in [0.15, 0.2) is 0 Å². The van der Waals surface area contributed by atoms with E-state index in [1.807, 2.05) is 0 Å². The number of allylic oxidation sites excluding steroid dienone is 4. The van der Waals surface area contributed by atoms with E-state index in [0.29, 0.717) is 48.7 Å². The lowest BCUT2D eigenvalue weighted by atomic mass is 9.61. The van der Waals surface area contributed by atoms with E-state index in [9.17, 15) is 10.2 Å². The van der Waals surface area contributed by atoms with Crippen LogP contribution in [0.4, 0.5) is 0 Å². The van der Waals surface area contributed by atoms with E-state index < -0.39 is 12.2 Å². The zero-order valence-corrected chi connectivity index (χ0v) is 23.3. The van der Waals surface area contributed by atoms with Gasteiger partial charge in [-0.1, -0.05) is 50.3 Å². The number of hydrogen-bond donors (Lipinski definition) is 2. The number of aliphatic hydroxyl groups excluding tert-OH is 2. The van der Waals surface area contributed by atoms with Crippen LogP contribution in [0, 0.1) is 35.0 Å². The van der Waals surface area contributed by atoms with E-state index in [1.165, 1.54) is 38.5 Å². The zero-order valence-electron chi connectivity index (χ0n) is 23.3. The molecule has 4 aliphatic rings. The third-order valence-corrected chi connectivity index (χ3v) is 10.0. The Labute approximate surface area is 219 Å². The number of methoxy groups -OCH3 is 1. The highest BCUT2D eigenvalue weighted by atomic mass is 16.7. The van der Waals surface area contributed by atoms with E-state index in [2.05, 4.69) is 58.6 Å². The Balaban J connectivity index is 1.47. The predicted octanol–water partition coefficient (Wildman–Crippen LogP) is 6.75. The minimum atomic E-state index is -0.622. The molecule has 0 unspecified atom stereocenters. The first kappa shape index (κ1) is 27.8. The van der Waals surface area contributed by atoms with Crippen LogP contribution in [-0.2, 0) is 9.47 Å². The van der Waals surface area contributed by atoms with E-state index in [1.54, 1.807) is 12.7 Å². The minimum Gasteiger partial charge on any atom is -0.393 e. The van der Waals surface area contributed by atoms with Gasteiger partial charge in [0.05, 0.1) is 17.8 Å². The highest BCUT2D eigenvalue weighted by molar-refractivity contribution is 5.38. The summed E-state index contributed by atoms with van der Waals surface area (Å²) in [4.78, 5) is 0. The van der Waals surface area contributed by atoms with Crippen LogP contribution in [0.5, 0.6) is 0 Å². The summed E-state index contributed by atoms with van der Waals surface area (Å²) in [6.07, 6.45) is 18.2. The molecule has 0 aliphatic heterocycles. The standard InChI is InChI=1S/C32H50O4/c1-21(9-14-28(24-10-11-24)31(3,4)36-20-35-6)27-15-16-29-23(8-7-17-32(27,29)5)12-13-25-18-26(33)19-30(34)22(25)2/h9,12-14,21,24,26-30,33-34H,2,7-8,10-11,15-20H2,1,3-6H3/b14-9+,23-12+,25-13-/t21-,26-,27-,28-,29+,30+,32-/m1/s1. The highest BCUT2D eigenvalue weighted by Crippen LogP contribution is 2.59. The average molecular weight is 499 g/mol. The van der Waals surface area contributed by atoms with Gasteiger partial charge in [0.2, 0.25) is 0 Å². The van der Waals surface area contributed by atoms with Gasteiger partial charge in [-0.25, -0.2) is 0 Å². The van der Waals surface area contributed by atoms with Crippen LogP contribution >= 0.6 is 0 Å². The summed E-state index contributed by atoms with van der Waals surface area (Å²) < 4.78 is 11.3. The van der Waals surface area contributed by atoms with Crippen LogP contribution in [0.15, 0.2) is 47.6 Å². The molecule has 7 atom stereocenters. The third-order valence-electron chi connectivity index (χ3n) is 10.0. The molecular formula is C32H50O4. The monoisotopic (exact) mass is 498 g/mol. The van der Waals surface area contributed by atoms with Gasteiger partial charge in [-0.15, -0.1) is 0 Å². The predicted molar refractivity (Wildman–Crippen MR) is 146 cm³/mol. The van der Waals surface area contributed by atoms with Gasteiger partial charge in [-0.05, 0) is 105 Å². The third kappa shape index (κ3) is 5.93. The highest BCUT2D eigenvalue weighted by Gasteiger charge is 2.50. The molecule has 4 heteroatoms. The fourth-order valence-corrected chi connectivity index (χ4v) is 7.76. The molecule has 0 saturated heterocycles. The summed E-state index contributed by atoms with van der Waals surface area (Å²) in [7, 11) is 1.69. The van der Waals surface area contributed by atoms with Crippen molar-refractivity contribution in [2.45, 2.75) is 103 Å². The van der Waals surface area contributed by atoms with Crippen LogP contribution < -0.4 is 0 Å². The summed E-state index contributed by atoms with van der Waals surface area (Å²) in [6.45, 7) is 13.8. The molecule has 0 bridgehead atoms. The van der Waals surface area contributed by atoms with Crippen LogP contribution in [0.2, 0.25) is 0 Å². The van der Waals surface area contributed by atoms with E-state index in [-0.39, 0.29) is 5.60 Å². The number of fused-ring (bicyclic) bond motifs is 1. The molecule has 4 nitrogen and oxygen atoms in total. The molecule has 2 N–H and O–H groups in total. The molecule has 4 fully saturated rings. The van der Waals surface area contributed by atoms with Gasteiger partial charge < -0.3 is 19.7 Å². The summed E-state index contributed by atoms with van der Waals surface area (Å²) in [6, 6.07) is 0. The molecule has 4 saturated carbocycles. The summed E-state index contributed by atoms with van der Waals surface area (Å²) in [5.41, 5.74) is 3.46. The molecule has 0 aromatic heterocycles. The average Bonchev–Trinajstić information content (AvgIpc) is 3.59. The fraction of sp³-hybridized carbons (Fsp3) is 0.750. The fourth-order valence-electron chi connectivity index (χ4n) is 7.76. The van der Waals surface area contributed by atoms with E-state index >= 15 is 0 Å². The van der Waals surface area contributed by atoms with Gasteiger partial charge in [0.25, 0.3) is 0 Å². The lowest BCUT2D eigenvalue weighted by Gasteiger charge is -2.44. The second-order valence-electron chi connectivity index (χ2n) is 12.9. The van der Waals surface area contributed by atoms with Crippen LogP contribution in [0.1, 0.15) is 85.5 Å². The van der Waals surface area contributed by atoms with E-state index in [0.717, 1.165) is 23.5 Å². The van der Waals surface area contributed by atoms with Crippen LogP contribution in [0.3, 0.4) is 0 Å². The Morgan fingerprint density at radius 1 is 1.14 bits per heavy atom. The Kier molecular flexibility index (Phi) is 8.71. The van der Waals surface area contributed by atoms with Gasteiger partial charge in [0, 0.05) is 19.4 Å². The van der Waals surface area contributed by atoms with Crippen molar-refractivity contribution >= 4 is 0 Å². The quantitative estimate of drug-likeness (QED) is 0.273. The maximum atomic E-state index is 10.2. The molecule has 202 valence electrons. The van der Waals surface area contributed by atoms with Crippen molar-refractivity contribution in [2.75, 3.05) is 13.9 Å². The normalized spacial score (nSPS) is 37.6. The van der Waals surface area contributed by atoms with Crippen LogP contribution in [-0.4, -0.2) is 41.9 Å². The number of hydrogen-bond acceptors (Lipinski definition) is 4. The maximum absolute atomic E-state index is 10.2. The number of aliphatic hydroxyl groups is 2. The Hall–Kier alpha value is -1.20. The largest absolute Gasteiger partial charge is 0.393 e. The molecular weight excluding hydrogens is 448 g/mol. The smallest absolute Gasteiger partial charge is 0.147 e. The van der Waals surface area contributed by atoms with Gasteiger partial charge in [-0.2, -0.15) is 0 Å². The van der Waals surface area contributed by atoms with Crippen LogP contribution in [0.25, 0.3) is 0 Å². The second-order valence-corrected chi connectivity index (χ2v) is 12.9. The maximum Gasteiger partial charge on any atom is 0.147 e. The summed E-state index contributed by atoms with van der Waals surface area (Å²) >= 11 is 0. The first-order valence-electron chi connectivity index (χ1n) is 14.3. The van der Waals surface area contributed by atoms with Crippen molar-refractivity contribution in [3.63, 3.8) is 0 Å².